The number of rotatable bonds is 4. The number of benzene rings is 1. The highest BCUT2D eigenvalue weighted by Crippen LogP contribution is 2.27. The number of aromatic nitrogens is 1. The molecule has 1 aromatic carbocycles. The SMILES string of the molecule is CNC(Cc1cncs1)c1ccc(F)cc1Br. The van der Waals surface area contributed by atoms with Crippen LogP contribution in [0.15, 0.2) is 34.4 Å². The van der Waals surface area contributed by atoms with Crippen LogP contribution in [0.4, 0.5) is 4.39 Å². The molecule has 0 saturated carbocycles. The van der Waals surface area contributed by atoms with Crippen molar-refractivity contribution in [3.05, 3.63) is 50.6 Å². The van der Waals surface area contributed by atoms with Gasteiger partial charge in [0, 0.05) is 28.0 Å². The number of nitrogens with one attached hydrogen (secondary N) is 1. The van der Waals surface area contributed by atoms with Gasteiger partial charge in [0.05, 0.1) is 5.51 Å². The van der Waals surface area contributed by atoms with Gasteiger partial charge in [-0.2, -0.15) is 0 Å². The van der Waals surface area contributed by atoms with Crippen LogP contribution >= 0.6 is 27.3 Å². The molecule has 1 heterocycles. The quantitative estimate of drug-likeness (QED) is 0.933. The summed E-state index contributed by atoms with van der Waals surface area (Å²) in [5.41, 5.74) is 2.88. The smallest absolute Gasteiger partial charge is 0.124 e. The van der Waals surface area contributed by atoms with E-state index in [1.54, 1.807) is 11.3 Å². The Bertz CT molecular complexity index is 487. The summed E-state index contributed by atoms with van der Waals surface area (Å²) in [5, 5.41) is 3.24. The highest BCUT2D eigenvalue weighted by molar-refractivity contribution is 9.10. The lowest BCUT2D eigenvalue weighted by atomic mass is 10.0. The summed E-state index contributed by atoms with van der Waals surface area (Å²) in [7, 11) is 1.90. The molecule has 2 aromatic rings. The topological polar surface area (TPSA) is 24.9 Å². The summed E-state index contributed by atoms with van der Waals surface area (Å²) in [5.74, 6) is -0.228. The minimum atomic E-state index is -0.228. The maximum absolute atomic E-state index is 13.0. The molecular formula is C12H12BrFN2S. The molecule has 1 unspecified atom stereocenters. The lowest BCUT2D eigenvalue weighted by Gasteiger charge is -2.17. The van der Waals surface area contributed by atoms with Gasteiger partial charge >= 0.3 is 0 Å². The third-order valence-electron chi connectivity index (χ3n) is 2.58. The van der Waals surface area contributed by atoms with Gasteiger partial charge in [0.2, 0.25) is 0 Å². The predicted octanol–water partition coefficient (Wildman–Crippen LogP) is 3.55. The number of halogens is 2. The summed E-state index contributed by atoms with van der Waals surface area (Å²) in [6.45, 7) is 0. The summed E-state index contributed by atoms with van der Waals surface area (Å²) in [6.07, 6.45) is 2.72. The first-order valence-corrected chi connectivity index (χ1v) is 6.87. The summed E-state index contributed by atoms with van der Waals surface area (Å²) in [6, 6.07) is 4.94. The van der Waals surface area contributed by atoms with Crippen LogP contribution < -0.4 is 5.32 Å². The second kappa shape index (κ2) is 5.71. The van der Waals surface area contributed by atoms with Crippen LogP contribution in [0.5, 0.6) is 0 Å². The highest BCUT2D eigenvalue weighted by atomic mass is 79.9. The van der Waals surface area contributed by atoms with E-state index < -0.39 is 0 Å². The molecule has 17 heavy (non-hydrogen) atoms. The fraction of sp³-hybridized carbons (Fsp3) is 0.250. The normalized spacial score (nSPS) is 12.6. The van der Waals surface area contributed by atoms with Gasteiger partial charge in [-0.1, -0.05) is 22.0 Å². The second-order valence-electron chi connectivity index (χ2n) is 3.68. The average molecular weight is 315 g/mol. The van der Waals surface area contributed by atoms with Gasteiger partial charge < -0.3 is 5.32 Å². The molecule has 0 aliphatic carbocycles. The minimum absolute atomic E-state index is 0.158. The Hall–Kier alpha value is -0.780. The zero-order chi connectivity index (χ0) is 12.3. The summed E-state index contributed by atoms with van der Waals surface area (Å²) in [4.78, 5) is 5.27. The van der Waals surface area contributed by atoms with Gasteiger partial charge in [-0.25, -0.2) is 4.39 Å². The van der Waals surface area contributed by atoms with Gasteiger partial charge in [0.1, 0.15) is 5.82 Å². The zero-order valence-corrected chi connectivity index (χ0v) is 11.7. The Morgan fingerprint density at radius 3 is 2.94 bits per heavy atom. The Balaban J connectivity index is 2.23. The predicted molar refractivity (Wildman–Crippen MR) is 71.7 cm³/mol. The molecule has 0 fully saturated rings. The van der Waals surface area contributed by atoms with Crippen LogP contribution in [0.3, 0.4) is 0 Å². The molecule has 0 spiro atoms. The van der Waals surface area contributed by atoms with Crippen molar-refractivity contribution in [2.45, 2.75) is 12.5 Å². The standard InChI is InChI=1S/C12H12BrFN2S/c1-15-12(5-9-6-16-7-17-9)10-3-2-8(14)4-11(10)13/h2-4,6-7,12,15H,5H2,1H3. The molecule has 2 nitrogen and oxygen atoms in total. The first kappa shape index (κ1) is 12.7. The van der Waals surface area contributed by atoms with E-state index in [1.807, 2.05) is 24.8 Å². The fourth-order valence-electron chi connectivity index (χ4n) is 1.70. The van der Waals surface area contributed by atoms with Crippen molar-refractivity contribution in [2.24, 2.45) is 0 Å². The van der Waals surface area contributed by atoms with E-state index in [0.29, 0.717) is 0 Å². The van der Waals surface area contributed by atoms with Gasteiger partial charge in [-0.3, -0.25) is 4.98 Å². The van der Waals surface area contributed by atoms with Crippen molar-refractivity contribution in [1.82, 2.24) is 10.3 Å². The molecule has 2 rings (SSSR count). The maximum Gasteiger partial charge on any atom is 0.124 e. The lowest BCUT2D eigenvalue weighted by Crippen LogP contribution is -2.19. The number of hydrogen-bond donors (Lipinski definition) is 1. The van der Waals surface area contributed by atoms with E-state index in [-0.39, 0.29) is 11.9 Å². The summed E-state index contributed by atoms with van der Waals surface area (Å²) >= 11 is 5.03. The summed E-state index contributed by atoms with van der Waals surface area (Å²) < 4.78 is 13.8. The lowest BCUT2D eigenvalue weighted by molar-refractivity contribution is 0.586. The first-order valence-electron chi connectivity index (χ1n) is 5.20. The third kappa shape index (κ3) is 3.12. The molecular weight excluding hydrogens is 303 g/mol. The van der Waals surface area contributed by atoms with Crippen molar-refractivity contribution >= 4 is 27.3 Å². The van der Waals surface area contributed by atoms with Crippen molar-refractivity contribution in [3.8, 4) is 0 Å². The van der Waals surface area contributed by atoms with Crippen LogP contribution in [-0.4, -0.2) is 12.0 Å². The maximum atomic E-state index is 13.0. The van der Waals surface area contributed by atoms with Crippen LogP contribution in [0.2, 0.25) is 0 Å². The van der Waals surface area contributed by atoms with Gasteiger partial charge in [-0.15, -0.1) is 11.3 Å². The van der Waals surface area contributed by atoms with Gasteiger partial charge in [0.25, 0.3) is 0 Å². The van der Waals surface area contributed by atoms with Crippen molar-refractivity contribution in [3.63, 3.8) is 0 Å². The Labute approximate surface area is 112 Å². The largest absolute Gasteiger partial charge is 0.313 e. The van der Waals surface area contributed by atoms with E-state index in [9.17, 15) is 4.39 Å². The van der Waals surface area contributed by atoms with E-state index in [2.05, 4.69) is 26.2 Å². The number of likely N-dealkylation sites (N-methyl/N-ethyl adjacent to an activating group) is 1. The molecule has 0 saturated heterocycles. The van der Waals surface area contributed by atoms with Crippen LogP contribution in [-0.2, 0) is 6.42 Å². The molecule has 90 valence electrons. The number of thiazole rings is 1. The van der Waals surface area contributed by atoms with E-state index >= 15 is 0 Å². The molecule has 1 atom stereocenters. The molecule has 1 aromatic heterocycles. The van der Waals surface area contributed by atoms with E-state index in [1.165, 1.54) is 17.0 Å². The minimum Gasteiger partial charge on any atom is -0.313 e. The molecule has 1 N–H and O–H groups in total. The Kier molecular flexibility index (Phi) is 4.25. The van der Waals surface area contributed by atoms with E-state index in [0.717, 1.165) is 16.5 Å². The van der Waals surface area contributed by atoms with Crippen molar-refractivity contribution in [1.29, 1.82) is 0 Å². The number of nitrogens with zero attached hydrogens (tertiary/aromatic N) is 1. The monoisotopic (exact) mass is 314 g/mol. The third-order valence-corrected chi connectivity index (χ3v) is 4.06. The zero-order valence-electron chi connectivity index (χ0n) is 9.28. The van der Waals surface area contributed by atoms with Gasteiger partial charge in [0.15, 0.2) is 0 Å². The first-order chi connectivity index (χ1) is 8.20. The molecule has 0 aliphatic heterocycles. The molecule has 0 bridgehead atoms. The second-order valence-corrected chi connectivity index (χ2v) is 5.50. The number of hydrogen-bond acceptors (Lipinski definition) is 3. The van der Waals surface area contributed by atoms with Crippen LogP contribution in [0.1, 0.15) is 16.5 Å². The average Bonchev–Trinajstić information content (AvgIpc) is 2.79. The highest BCUT2D eigenvalue weighted by Gasteiger charge is 2.14. The Morgan fingerprint density at radius 2 is 2.35 bits per heavy atom. The molecule has 5 heteroatoms. The van der Waals surface area contributed by atoms with Crippen LogP contribution in [0, 0.1) is 5.82 Å². The van der Waals surface area contributed by atoms with Gasteiger partial charge in [-0.05, 0) is 24.7 Å². The van der Waals surface area contributed by atoms with E-state index in [4.69, 9.17) is 0 Å². The molecule has 0 radical (unpaired) electrons. The fourth-order valence-corrected chi connectivity index (χ4v) is 2.96. The molecule has 0 aliphatic rings. The Morgan fingerprint density at radius 1 is 1.53 bits per heavy atom. The van der Waals surface area contributed by atoms with Crippen molar-refractivity contribution < 1.29 is 4.39 Å². The molecule has 0 amide bonds. The van der Waals surface area contributed by atoms with Crippen molar-refractivity contribution in [2.75, 3.05) is 7.05 Å². The van der Waals surface area contributed by atoms with Crippen LogP contribution in [0.25, 0.3) is 0 Å².